The van der Waals surface area contributed by atoms with E-state index in [0.29, 0.717) is 0 Å². The number of aromatic nitrogens is 2. The first kappa shape index (κ1) is 6.45. The van der Waals surface area contributed by atoms with Crippen LogP contribution in [-0.4, -0.2) is 15.5 Å². The van der Waals surface area contributed by atoms with Crippen LogP contribution in [0.3, 0.4) is 0 Å². The van der Waals surface area contributed by atoms with Crippen molar-refractivity contribution in [3.05, 3.63) is 17.8 Å². The zero-order valence-electron chi connectivity index (χ0n) is 4.85. The first-order valence-electron chi connectivity index (χ1n) is 2.41. The molecule has 1 N–H and O–H groups in total. The van der Waals surface area contributed by atoms with Gasteiger partial charge in [0.2, 0.25) is 0 Å². The lowest BCUT2D eigenvalue weighted by Gasteiger charge is -1.92. The van der Waals surface area contributed by atoms with Gasteiger partial charge in [0.25, 0.3) is 5.88 Å². The minimum absolute atomic E-state index is 0.150. The van der Waals surface area contributed by atoms with Crippen molar-refractivity contribution in [1.29, 1.82) is 5.26 Å². The molecule has 0 saturated carbocycles. The molecule has 0 radical (unpaired) electrons. The molecule has 1 aromatic heterocycles. The van der Waals surface area contributed by atoms with Crippen molar-refractivity contribution in [1.82, 2.24) is 10.2 Å². The van der Waals surface area contributed by atoms with E-state index in [-0.39, 0.29) is 11.4 Å². The minimum Gasteiger partial charge on any atom is -0.316 e. The summed E-state index contributed by atoms with van der Waals surface area (Å²) < 4.78 is 0. The summed E-state index contributed by atoms with van der Waals surface area (Å²) in [5.74, 6) is -0.176. The van der Waals surface area contributed by atoms with Crippen LogP contribution in [0.15, 0.2) is 12.3 Å². The lowest BCUT2D eigenvalue weighted by atomic mass is 10.3. The zero-order chi connectivity index (χ0) is 7.40. The van der Waals surface area contributed by atoms with Gasteiger partial charge in [0.1, 0.15) is 11.6 Å². The van der Waals surface area contributed by atoms with Crippen LogP contribution in [0.25, 0.3) is 0 Å². The summed E-state index contributed by atoms with van der Waals surface area (Å²) in [6, 6.07) is 3.15. The van der Waals surface area contributed by atoms with Crippen molar-refractivity contribution < 1.29 is 10.1 Å². The molecule has 1 aromatic rings. The van der Waals surface area contributed by atoms with E-state index < -0.39 is 0 Å². The fourth-order valence-corrected chi connectivity index (χ4v) is 0.471. The Labute approximate surface area is 56.4 Å². The second-order valence-corrected chi connectivity index (χ2v) is 1.45. The molecule has 5 nitrogen and oxygen atoms in total. The smallest absolute Gasteiger partial charge is 0.292 e. The Bertz CT molecular complexity index is 268. The van der Waals surface area contributed by atoms with E-state index in [2.05, 4.69) is 15.1 Å². The van der Waals surface area contributed by atoms with Crippen LogP contribution in [0.1, 0.15) is 5.56 Å². The molecule has 0 atom stereocenters. The van der Waals surface area contributed by atoms with Gasteiger partial charge in [0.05, 0.1) is 6.20 Å². The lowest BCUT2D eigenvalue weighted by Crippen LogP contribution is -1.93. The summed E-state index contributed by atoms with van der Waals surface area (Å²) in [5, 5.41) is 23.1. The van der Waals surface area contributed by atoms with E-state index in [1.807, 2.05) is 0 Å². The third-order valence-electron chi connectivity index (χ3n) is 0.894. The molecule has 1 rings (SSSR count). The highest BCUT2D eigenvalue weighted by atomic mass is 17.1. The quantitative estimate of drug-likeness (QED) is 0.441. The van der Waals surface area contributed by atoms with Crippen LogP contribution in [0.4, 0.5) is 0 Å². The van der Waals surface area contributed by atoms with Gasteiger partial charge in [-0.3, -0.25) is 0 Å². The lowest BCUT2D eigenvalue weighted by molar-refractivity contribution is -0.142. The van der Waals surface area contributed by atoms with Crippen LogP contribution in [-0.2, 0) is 0 Å². The SMILES string of the molecule is N#Cc1ccnnc1OO. The Hall–Kier alpha value is -1.67. The fourth-order valence-electron chi connectivity index (χ4n) is 0.471. The standard InChI is InChI=1S/C5H3N3O2/c6-3-4-1-2-7-8-5(4)10-9/h1-2,9H. The fraction of sp³-hybridized carbons (Fsp3) is 0. The van der Waals surface area contributed by atoms with Crippen LogP contribution >= 0.6 is 0 Å². The molecular formula is C5H3N3O2. The summed E-state index contributed by atoms with van der Waals surface area (Å²) in [4.78, 5) is 3.74. The normalized spacial score (nSPS) is 8.40. The molecule has 10 heavy (non-hydrogen) atoms. The molecule has 5 heteroatoms. The van der Waals surface area contributed by atoms with Crippen LogP contribution in [0.5, 0.6) is 5.88 Å². The average molecular weight is 137 g/mol. The molecule has 0 aliphatic carbocycles. The van der Waals surface area contributed by atoms with E-state index >= 15 is 0 Å². The molecule has 0 unspecified atom stereocenters. The van der Waals surface area contributed by atoms with E-state index in [0.717, 1.165) is 0 Å². The molecule has 0 fully saturated rings. The number of hydrogen-bond donors (Lipinski definition) is 1. The van der Waals surface area contributed by atoms with Crippen LogP contribution in [0.2, 0.25) is 0 Å². The second kappa shape index (κ2) is 2.75. The van der Waals surface area contributed by atoms with Gasteiger partial charge in [-0.1, -0.05) is 0 Å². The number of nitriles is 1. The summed E-state index contributed by atoms with van der Waals surface area (Å²) in [5.41, 5.74) is 0.150. The highest BCUT2D eigenvalue weighted by Gasteiger charge is 2.02. The molecule has 1 heterocycles. The van der Waals surface area contributed by atoms with Crippen molar-refractivity contribution in [3.8, 4) is 11.9 Å². The maximum absolute atomic E-state index is 8.34. The van der Waals surface area contributed by atoms with Gasteiger partial charge in [0, 0.05) is 0 Å². The summed E-state index contributed by atoms with van der Waals surface area (Å²) in [6.07, 6.45) is 1.33. The van der Waals surface area contributed by atoms with Gasteiger partial charge in [-0.25, -0.2) is 5.26 Å². The third-order valence-corrected chi connectivity index (χ3v) is 0.894. The van der Waals surface area contributed by atoms with Gasteiger partial charge < -0.3 is 4.89 Å². The Morgan fingerprint density at radius 3 is 3.00 bits per heavy atom. The summed E-state index contributed by atoms with van der Waals surface area (Å²) in [7, 11) is 0. The van der Waals surface area contributed by atoms with Crippen molar-refractivity contribution in [2.75, 3.05) is 0 Å². The van der Waals surface area contributed by atoms with Gasteiger partial charge in [0.15, 0.2) is 0 Å². The zero-order valence-corrected chi connectivity index (χ0v) is 4.85. The Morgan fingerprint density at radius 2 is 2.50 bits per heavy atom. The van der Waals surface area contributed by atoms with Gasteiger partial charge in [-0.2, -0.15) is 10.4 Å². The van der Waals surface area contributed by atoms with E-state index in [1.54, 1.807) is 6.07 Å². The molecule has 0 saturated heterocycles. The van der Waals surface area contributed by atoms with E-state index in [4.69, 9.17) is 10.5 Å². The van der Waals surface area contributed by atoms with E-state index in [1.165, 1.54) is 12.3 Å². The molecule has 0 aliphatic rings. The summed E-state index contributed by atoms with van der Waals surface area (Å²) >= 11 is 0. The highest BCUT2D eigenvalue weighted by Crippen LogP contribution is 2.08. The van der Waals surface area contributed by atoms with Crippen molar-refractivity contribution in [2.45, 2.75) is 0 Å². The van der Waals surface area contributed by atoms with Gasteiger partial charge >= 0.3 is 0 Å². The molecular weight excluding hydrogens is 134 g/mol. The van der Waals surface area contributed by atoms with Gasteiger partial charge in [-0.05, 0) is 6.07 Å². The van der Waals surface area contributed by atoms with Crippen LogP contribution < -0.4 is 4.89 Å². The van der Waals surface area contributed by atoms with E-state index in [9.17, 15) is 0 Å². The van der Waals surface area contributed by atoms with Crippen molar-refractivity contribution >= 4 is 0 Å². The highest BCUT2D eigenvalue weighted by molar-refractivity contribution is 5.35. The minimum atomic E-state index is -0.176. The monoisotopic (exact) mass is 137 g/mol. The largest absolute Gasteiger partial charge is 0.316 e. The molecule has 0 bridgehead atoms. The van der Waals surface area contributed by atoms with Crippen molar-refractivity contribution in [3.63, 3.8) is 0 Å². The average Bonchev–Trinajstić information content (AvgIpc) is 2.04. The maximum atomic E-state index is 8.34. The summed E-state index contributed by atoms with van der Waals surface area (Å²) in [6.45, 7) is 0. The van der Waals surface area contributed by atoms with Crippen molar-refractivity contribution in [2.24, 2.45) is 0 Å². The Kier molecular flexibility index (Phi) is 1.78. The number of hydrogen-bond acceptors (Lipinski definition) is 5. The second-order valence-electron chi connectivity index (χ2n) is 1.45. The van der Waals surface area contributed by atoms with Crippen LogP contribution in [0, 0.1) is 11.3 Å². The topological polar surface area (TPSA) is 79.0 Å². The molecule has 0 aliphatic heterocycles. The maximum Gasteiger partial charge on any atom is 0.292 e. The first-order valence-corrected chi connectivity index (χ1v) is 2.41. The molecule has 50 valence electrons. The predicted molar refractivity (Wildman–Crippen MR) is 30.0 cm³/mol. The number of nitrogens with zero attached hydrogens (tertiary/aromatic N) is 3. The predicted octanol–water partition coefficient (Wildman–Crippen LogP) is 0.200. The molecule has 0 aromatic carbocycles. The Balaban J connectivity index is 3.12. The number of rotatable bonds is 1. The third kappa shape index (κ3) is 1.01. The molecule has 0 amide bonds. The van der Waals surface area contributed by atoms with Gasteiger partial charge in [-0.15, -0.1) is 5.10 Å². The first-order chi connectivity index (χ1) is 4.88. The molecule has 0 spiro atoms. The Morgan fingerprint density at radius 1 is 1.70 bits per heavy atom.